The lowest BCUT2D eigenvalue weighted by Gasteiger charge is -2.35. The van der Waals surface area contributed by atoms with Crippen molar-refractivity contribution in [3.8, 4) is 22.9 Å². The van der Waals surface area contributed by atoms with Gasteiger partial charge < -0.3 is 14.5 Å². The van der Waals surface area contributed by atoms with Crippen LogP contribution in [0.15, 0.2) is 53.4 Å². The molecule has 1 saturated heterocycles. The van der Waals surface area contributed by atoms with Crippen molar-refractivity contribution < 1.29 is 23.2 Å². The zero-order valence-electron chi connectivity index (χ0n) is 18.8. The maximum atomic E-state index is 14.7. The van der Waals surface area contributed by atoms with Crippen LogP contribution in [0.25, 0.3) is 22.9 Å². The van der Waals surface area contributed by atoms with Crippen molar-refractivity contribution in [1.29, 1.82) is 0 Å². The Hall–Kier alpha value is -4.15. The highest BCUT2D eigenvalue weighted by atomic mass is 19.1. The molecule has 2 unspecified atom stereocenters. The Bertz CT molecular complexity index is 1360. The second-order valence-electron chi connectivity index (χ2n) is 8.57. The fourth-order valence-electron chi connectivity index (χ4n) is 4.39. The van der Waals surface area contributed by atoms with Crippen LogP contribution in [0, 0.1) is 23.5 Å². The number of aromatic nitrogens is 5. The molecule has 2 atom stereocenters. The number of hydrogen-bond donors (Lipinski definition) is 1. The molecule has 5 rings (SSSR count). The van der Waals surface area contributed by atoms with E-state index in [-0.39, 0.29) is 29.9 Å². The number of halogens is 2. The summed E-state index contributed by atoms with van der Waals surface area (Å²) in [6.07, 6.45) is 2.89. The molecule has 0 radical (unpaired) electrons. The van der Waals surface area contributed by atoms with E-state index in [1.807, 2.05) is 6.92 Å². The first-order valence-corrected chi connectivity index (χ1v) is 11.1. The van der Waals surface area contributed by atoms with Crippen molar-refractivity contribution in [3.63, 3.8) is 0 Å². The maximum Gasteiger partial charge on any atom is 0.306 e. The van der Waals surface area contributed by atoms with E-state index < -0.39 is 17.7 Å². The van der Waals surface area contributed by atoms with Gasteiger partial charge in [0.1, 0.15) is 23.5 Å². The molecule has 3 aromatic heterocycles. The molecule has 0 spiro atoms. The molecule has 4 aromatic rings. The van der Waals surface area contributed by atoms with Crippen molar-refractivity contribution in [2.24, 2.45) is 11.8 Å². The normalized spacial score (nSPS) is 18.1. The maximum absolute atomic E-state index is 14.7. The molecule has 0 aliphatic carbocycles. The summed E-state index contributed by atoms with van der Waals surface area (Å²) >= 11 is 0. The number of piperidine rings is 1. The molecule has 1 aliphatic rings. The molecule has 9 nitrogen and oxygen atoms in total. The van der Waals surface area contributed by atoms with Crippen LogP contribution in [-0.4, -0.2) is 49.1 Å². The van der Waals surface area contributed by atoms with Gasteiger partial charge in [0.25, 0.3) is 0 Å². The average molecular weight is 480 g/mol. The molecule has 35 heavy (non-hydrogen) atoms. The second-order valence-corrected chi connectivity index (χ2v) is 8.57. The molecule has 180 valence electrons. The minimum absolute atomic E-state index is 0.0947. The zero-order valence-corrected chi connectivity index (χ0v) is 18.8. The van der Waals surface area contributed by atoms with E-state index in [1.54, 1.807) is 39.9 Å². The summed E-state index contributed by atoms with van der Waals surface area (Å²) in [5.41, 5.74) is 1.84. The third-order valence-corrected chi connectivity index (χ3v) is 6.23. The number of hydrogen-bond acceptors (Lipinski definition) is 7. The van der Waals surface area contributed by atoms with Gasteiger partial charge in [-0.05, 0) is 24.5 Å². The smallest absolute Gasteiger partial charge is 0.306 e. The molecular formula is C24H22F2N6O3. The van der Waals surface area contributed by atoms with Gasteiger partial charge in [0.15, 0.2) is 17.5 Å². The third kappa shape index (κ3) is 4.48. The van der Waals surface area contributed by atoms with E-state index in [0.717, 1.165) is 6.20 Å². The van der Waals surface area contributed by atoms with Crippen molar-refractivity contribution in [2.45, 2.75) is 19.9 Å². The lowest BCUT2D eigenvalue weighted by Crippen LogP contribution is -2.43. The van der Waals surface area contributed by atoms with Gasteiger partial charge in [-0.2, -0.15) is 5.10 Å². The second kappa shape index (κ2) is 9.24. The summed E-state index contributed by atoms with van der Waals surface area (Å²) in [5, 5.41) is 17.9. The fourth-order valence-corrected chi connectivity index (χ4v) is 4.39. The number of rotatable bonds is 6. The molecule has 4 heterocycles. The van der Waals surface area contributed by atoms with Crippen LogP contribution in [0.2, 0.25) is 0 Å². The number of benzene rings is 1. The fraction of sp³-hybridized carbons (Fsp3) is 0.292. The summed E-state index contributed by atoms with van der Waals surface area (Å²) in [7, 11) is 0. The van der Waals surface area contributed by atoms with Gasteiger partial charge >= 0.3 is 5.97 Å². The Morgan fingerprint density at radius 1 is 1.20 bits per heavy atom. The summed E-state index contributed by atoms with van der Waals surface area (Å²) < 4.78 is 35.6. The molecule has 1 aromatic carbocycles. The Labute approximate surface area is 199 Å². The van der Waals surface area contributed by atoms with Crippen LogP contribution >= 0.6 is 0 Å². The van der Waals surface area contributed by atoms with E-state index >= 15 is 0 Å². The lowest BCUT2D eigenvalue weighted by atomic mass is 9.87. The van der Waals surface area contributed by atoms with Crippen LogP contribution in [0.3, 0.4) is 0 Å². The third-order valence-electron chi connectivity index (χ3n) is 6.23. The topological polar surface area (TPSA) is 110 Å². The average Bonchev–Trinajstić information content (AvgIpc) is 3.51. The van der Waals surface area contributed by atoms with Crippen LogP contribution in [0.5, 0.6) is 0 Å². The van der Waals surface area contributed by atoms with E-state index in [4.69, 9.17) is 4.52 Å². The predicted molar refractivity (Wildman–Crippen MR) is 121 cm³/mol. The van der Waals surface area contributed by atoms with Crippen LogP contribution in [0.1, 0.15) is 18.9 Å². The number of nitrogens with zero attached hydrogens (tertiary/aromatic N) is 6. The quantitative estimate of drug-likeness (QED) is 0.443. The van der Waals surface area contributed by atoms with E-state index in [9.17, 15) is 18.7 Å². The van der Waals surface area contributed by atoms with Crippen LogP contribution < -0.4 is 4.90 Å². The lowest BCUT2D eigenvalue weighted by molar-refractivity contribution is -0.144. The number of carbonyl (C=O) groups is 1. The molecular weight excluding hydrogens is 458 g/mol. The predicted octanol–water partition coefficient (Wildman–Crippen LogP) is 3.87. The standard InChI is InChI=1S/C24H22F2N6O3/c1-14-12-31(8-6-16(14)24(33)34)23-18(26)11-27-22(28-23)20-10-21(19-7-9-35-30-19)32(29-20)13-15-4-2-3-5-17(15)25/h2-5,7,9-11,14,16H,6,8,12-13H2,1H3,(H,33,34). The highest BCUT2D eigenvalue weighted by molar-refractivity contribution is 5.71. The van der Waals surface area contributed by atoms with Crippen molar-refractivity contribution >= 4 is 11.8 Å². The van der Waals surface area contributed by atoms with Crippen molar-refractivity contribution in [2.75, 3.05) is 18.0 Å². The van der Waals surface area contributed by atoms with Crippen molar-refractivity contribution in [1.82, 2.24) is 24.9 Å². The Kier molecular flexibility index (Phi) is 5.98. The van der Waals surface area contributed by atoms with E-state index in [0.29, 0.717) is 42.2 Å². The van der Waals surface area contributed by atoms with E-state index in [2.05, 4.69) is 20.2 Å². The molecule has 11 heteroatoms. The number of anilines is 1. The molecule has 0 bridgehead atoms. The minimum Gasteiger partial charge on any atom is -0.481 e. The first kappa shape index (κ1) is 22.6. The van der Waals surface area contributed by atoms with E-state index in [1.165, 1.54) is 12.3 Å². The van der Waals surface area contributed by atoms with Gasteiger partial charge in [0.05, 0.1) is 24.4 Å². The summed E-state index contributed by atoms with van der Waals surface area (Å²) in [6, 6.07) is 9.73. The van der Waals surface area contributed by atoms with Crippen LogP contribution in [0.4, 0.5) is 14.6 Å². The first-order valence-electron chi connectivity index (χ1n) is 11.1. The van der Waals surface area contributed by atoms with Gasteiger partial charge in [0.2, 0.25) is 0 Å². The van der Waals surface area contributed by atoms with Crippen LogP contribution in [-0.2, 0) is 11.3 Å². The van der Waals surface area contributed by atoms with Gasteiger partial charge in [-0.15, -0.1) is 0 Å². The van der Waals surface area contributed by atoms with Gasteiger partial charge in [0, 0.05) is 24.7 Å². The SMILES string of the molecule is CC1CN(c2nc(-c3cc(-c4ccon4)n(Cc4ccccc4F)n3)ncc2F)CCC1C(=O)O. The largest absolute Gasteiger partial charge is 0.481 e. The summed E-state index contributed by atoms with van der Waals surface area (Å²) in [6.45, 7) is 2.68. The summed E-state index contributed by atoms with van der Waals surface area (Å²) in [5.74, 6) is -2.18. The van der Waals surface area contributed by atoms with Gasteiger partial charge in [-0.1, -0.05) is 30.3 Å². The molecule has 0 saturated carbocycles. The number of carboxylic acid groups (broad SMARTS) is 1. The monoisotopic (exact) mass is 480 g/mol. The molecule has 1 aliphatic heterocycles. The molecule has 1 N–H and O–H groups in total. The minimum atomic E-state index is -0.846. The van der Waals surface area contributed by atoms with Gasteiger partial charge in [-0.3, -0.25) is 9.48 Å². The molecule has 1 fully saturated rings. The highest BCUT2D eigenvalue weighted by Gasteiger charge is 2.33. The van der Waals surface area contributed by atoms with Crippen molar-refractivity contribution in [3.05, 3.63) is 66.1 Å². The summed E-state index contributed by atoms with van der Waals surface area (Å²) in [4.78, 5) is 21.7. The highest BCUT2D eigenvalue weighted by Crippen LogP contribution is 2.30. The van der Waals surface area contributed by atoms with Gasteiger partial charge in [-0.25, -0.2) is 18.7 Å². The molecule has 0 amide bonds. The zero-order chi connectivity index (χ0) is 24.5. The Morgan fingerprint density at radius 2 is 2.03 bits per heavy atom. The Morgan fingerprint density at radius 3 is 2.74 bits per heavy atom. The Balaban J connectivity index is 1.49. The number of aliphatic carboxylic acids is 1. The first-order chi connectivity index (χ1) is 16.9. The number of carboxylic acids is 1.